The van der Waals surface area contributed by atoms with E-state index in [2.05, 4.69) is 32.7 Å². The molecule has 2 aromatic carbocycles. The quantitative estimate of drug-likeness (QED) is 0.297. The number of hydrogen-bond acceptors (Lipinski definition) is 5. The summed E-state index contributed by atoms with van der Waals surface area (Å²) in [6, 6.07) is 14.0. The van der Waals surface area contributed by atoms with Crippen LogP contribution < -0.4 is 29.7 Å². The maximum atomic E-state index is 5.66. The van der Waals surface area contributed by atoms with Crippen molar-refractivity contribution >= 4 is 41.3 Å². The van der Waals surface area contributed by atoms with Crippen molar-refractivity contribution in [2.24, 2.45) is 10.9 Å². The summed E-state index contributed by atoms with van der Waals surface area (Å²) >= 11 is 0. The lowest BCUT2D eigenvalue weighted by Crippen LogP contribution is -2.35. The lowest BCUT2D eigenvalue weighted by molar-refractivity contribution is 0.311. The van der Waals surface area contributed by atoms with Crippen molar-refractivity contribution in [2.45, 2.75) is 13.3 Å². The lowest BCUT2D eigenvalue weighted by atomic mass is 10.1. The van der Waals surface area contributed by atoms with Gasteiger partial charge in [0.05, 0.1) is 20.8 Å². The monoisotopic (exact) mass is 540 g/mol. The van der Waals surface area contributed by atoms with Crippen LogP contribution in [0.25, 0.3) is 0 Å². The summed E-state index contributed by atoms with van der Waals surface area (Å²) in [5.74, 6) is 3.61. The first-order valence-electron chi connectivity index (χ1n) is 10.3. The van der Waals surface area contributed by atoms with Crippen LogP contribution in [0.1, 0.15) is 13.3 Å². The van der Waals surface area contributed by atoms with Gasteiger partial charge in [0.1, 0.15) is 5.75 Å². The molecule has 0 saturated carbocycles. The van der Waals surface area contributed by atoms with Gasteiger partial charge in [0, 0.05) is 50.2 Å². The first-order chi connectivity index (χ1) is 14.7. The van der Waals surface area contributed by atoms with E-state index < -0.39 is 0 Å². The number of aliphatic imine (C=N–C) groups is 1. The molecule has 8 heteroatoms. The lowest BCUT2D eigenvalue weighted by Gasteiger charge is -2.20. The maximum Gasteiger partial charge on any atom is 0.195 e. The maximum absolute atomic E-state index is 5.66. The molecule has 0 radical (unpaired) electrons. The van der Waals surface area contributed by atoms with Crippen LogP contribution >= 0.6 is 24.0 Å². The summed E-state index contributed by atoms with van der Waals surface area (Å²) in [4.78, 5) is 6.76. The van der Waals surface area contributed by atoms with Crippen molar-refractivity contribution < 1.29 is 14.2 Å². The minimum absolute atomic E-state index is 0. The van der Waals surface area contributed by atoms with Crippen LogP contribution in [0.2, 0.25) is 0 Å². The summed E-state index contributed by atoms with van der Waals surface area (Å²) in [7, 11) is 5.12. The van der Waals surface area contributed by atoms with E-state index in [1.54, 1.807) is 21.3 Å². The second-order valence-electron chi connectivity index (χ2n) is 7.18. The number of halogens is 1. The standard InChI is InChI=1S/C23H32N4O3.HI/c1-5-30-22-13-18(9-10-21(22)29-4)26-23(24-2)25-15-17-11-12-27(16-17)19-7-6-8-20(14-19)28-3;/h6-10,13-14,17H,5,11-12,15-16H2,1-4H3,(H2,24,25,26);1H. The van der Waals surface area contributed by atoms with Crippen LogP contribution in [0.15, 0.2) is 47.5 Å². The molecule has 0 aliphatic carbocycles. The molecular weight excluding hydrogens is 507 g/mol. The molecule has 1 fully saturated rings. The Morgan fingerprint density at radius 1 is 1.13 bits per heavy atom. The Balaban J connectivity index is 0.00000341. The van der Waals surface area contributed by atoms with Crippen LogP contribution in [0.5, 0.6) is 17.2 Å². The number of nitrogens with zero attached hydrogens (tertiary/aromatic N) is 2. The Bertz CT molecular complexity index is 862. The zero-order chi connectivity index (χ0) is 21.3. The fourth-order valence-electron chi connectivity index (χ4n) is 3.62. The number of nitrogens with one attached hydrogen (secondary N) is 2. The van der Waals surface area contributed by atoms with Gasteiger partial charge in [0.2, 0.25) is 0 Å². The van der Waals surface area contributed by atoms with E-state index in [9.17, 15) is 0 Å². The number of methoxy groups -OCH3 is 2. The molecule has 2 N–H and O–H groups in total. The minimum Gasteiger partial charge on any atom is -0.497 e. The highest BCUT2D eigenvalue weighted by Crippen LogP contribution is 2.30. The van der Waals surface area contributed by atoms with Crippen molar-refractivity contribution in [1.82, 2.24) is 5.32 Å². The van der Waals surface area contributed by atoms with Gasteiger partial charge in [0.15, 0.2) is 17.5 Å². The van der Waals surface area contributed by atoms with Crippen LogP contribution in [0, 0.1) is 5.92 Å². The molecule has 0 spiro atoms. The number of rotatable bonds is 8. The molecule has 0 aromatic heterocycles. The molecule has 2 aromatic rings. The second-order valence-corrected chi connectivity index (χ2v) is 7.18. The summed E-state index contributed by atoms with van der Waals surface area (Å²) in [6.45, 7) is 5.44. The smallest absolute Gasteiger partial charge is 0.195 e. The number of anilines is 2. The van der Waals surface area contributed by atoms with Gasteiger partial charge in [-0.15, -0.1) is 24.0 Å². The third-order valence-corrected chi connectivity index (χ3v) is 5.21. The average Bonchev–Trinajstić information content (AvgIpc) is 3.26. The molecule has 1 aliphatic rings. The zero-order valence-electron chi connectivity index (χ0n) is 18.7. The molecule has 0 bridgehead atoms. The van der Waals surface area contributed by atoms with Gasteiger partial charge in [-0.05, 0) is 43.5 Å². The third kappa shape index (κ3) is 6.81. The van der Waals surface area contributed by atoms with Crippen molar-refractivity contribution in [3.8, 4) is 17.2 Å². The van der Waals surface area contributed by atoms with Crippen LogP contribution in [0.4, 0.5) is 11.4 Å². The van der Waals surface area contributed by atoms with Gasteiger partial charge in [-0.3, -0.25) is 4.99 Å². The molecule has 1 heterocycles. The summed E-state index contributed by atoms with van der Waals surface area (Å²) in [6.07, 6.45) is 1.14. The van der Waals surface area contributed by atoms with Gasteiger partial charge in [-0.25, -0.2) is 0 Å². The van der Waals surface area contributed by atoms with Gasteiger partial charge in [-0.2, -0.15) is 0 Å². The van der Waals surface area contributed by atoms with Crippen LogP contribution in [-0.4, -0.2) is 53.5 Å². The van der Waals surface area contributed by atoms with E-state index >= 15 is 0 Å². The van der Waals surface area contributed by atoms with E-state index in [0.29, 0.717) is 24.0 Å². The van der Waals surface area contributed by atoms with Gasteiger partial charge in [-0.1, -0.05) is 6.07 Å². The fraction of sp³-hybridized carbons (Fsp3) is 0.435. The Morgan fingerprint density at radius 3 is 2.68 bits per heavy atom. The van der Waals surface area contributed by atoms with E-state index in [4.69, 9.17) is 14.2 Å². The molecule has 1 aliphatic heterocycles. The molecule has 170 valence electrons. The Morgan fingerprint density at radius 2 is 1.97 bits per heavy atom. The van der Waals surface area contributed by atoms with E-state index in [1.807, 2.05) is 37.3 Å². The highest BCUT2D eigenvalue weighted by atomic mass is 127. The Kier molecular flexibility index (Phi) is 10.0. The van der Waals surface area contributed by atoms with Crippen LogP contribution in [-0.2, 0) is 0 Å². The fourth-order valence-corrected chi connectivity index (χ4v) is 3.62. The summed E-state index contributed by atoms with van der Waals surface area (Å²) in [5, 5.41) is 6.78. The highest BCUT2D eigenvalue weighted by molar-refractivity contribution is 14.0. The number of guanidine groups is 1. The van der Waals surface area contributed by atoms with E-state index in [-0.39, 0.29) is 24.0 Å². The zero-order valence-corrected chi connectivity index (χ0v) is 21.0. The molecular formula is C23H33IN4O3. The molecule has 7 nitrogen and oxygen atoms in total. The minimum atomic E-state index is 0. The molecule has 3 rings (SSSR count). The molecule has 1 atom stereocenters. The van der Waals surface area contributed by atoms with Gasteiger partial charge < -0.3 is 29.7 Å². The predicted molar refractivity (Wildman–Crippen MR) is 138 cm³/mol. The predicted octanol–water partition coefficient (Wildman–Crippen LogP) is 4.23. The topological polar surface area (TPSA) is 67.4 Å². The number of hydrogen-bond donors (Lipinski definition) is 2. The van der Waals surface area contributed by atoms with Gasteiger partial charge >= 0.3 is 0 Å². The Labute approximate surface area is 202 Å². The van der Waals surface area contributed by atoms with Crippen molar-refractivity contribution in [1.29, 1.82) is 0 Å². The summed E-state index contributed by atoms with van der Waals surface area (Å²) in [5.41, 5.74) is 2.11. The number of ether oxygens (including phenoxy) is 3. The largest absolute Gasteiger partial charge is 0.497 e. The molecule has 1 saturated heterocycles. The third-order valence-electron chi connectivity index (χ3n) is 5.21. The summed E-state index contributed by atoms with van der Waals surface area (Å²) < 4.78 is 16.4. The molecule has 1 unspecified atom stereocenters. The SMILES string of the molecule is CCOc1cc(NC(=NC)NCC2CCN(c3cccc(OC)c3)C2)ccc1OC.I. The van der Waals surface area contributed by atoms with Crippen LogP contribution in [0.3, 0.4) is 0 Å². The van der Waals surface area contributed by atoms with Crippen molar-refractivity contribution in [2.75, 3.05) is 57.7 Å². The average molecular weight is 540 g/mol. The first kappa shape index (κ1) is 24.9. The highest BCUT2D eigenvalue weighted by Gasteiger charge is 2.23. The second kappa shape index (κ2) is 12.5. The first-order valence-corrected chi connectivity index (χ1v) is 10.3. The Hall–Kier alpha value is -2.36. The van der Waals surface area contributed by atoms with E-state index in [0.717, 1.165) is 43.5 Å². The van der Waals surface area contributed by atoms with Crippen molar-refractivity contribution in [3.63, 3.8) is 0 Å². The molecule has 0 amide bonds. The molecule has 31 heavy (non-hydrogen) atoms. The number of benzene rings is 2. The van der Waals surface area contributed by atoms with E-state index in [1.165, 1.54) is 5.69 Å². The normalized spacial score (nSPS) is 15.8. The van der Waals surface area contributed by atoms with Crippen molar-refractivity contribution in [3.05, 3.63) is 42.5 Å². The van der Waals surface area contributed by atoms with Gasteiger partial charge in [0.25, 0.3) is 0 Å².